The molecule has 846 valence electrons. The van der Waals surface area contributed by atoms with Gasteiger partial charge in [-0.1, -0.05) is 52.8 Å². The largest absolute Gasteiger partial charge is 0.459 e. The van der Waals surface area contributed by atoms with Crippen LogP contribution in [0.5, 0.6) is 0 Å². The van der Waals surface area contributed by atoms with Crippen molar-refractivity contribution in [3.8, 4) is 0 Å². The zero-order chi connectivity index (χ0) is 109. The van der Waals surface area contributed by atoms with Crippen molar-refractivity contribution in [3.63, 3.8) is 0 Å². The van der Waals surface area contributed by atoms with Crippen molar-refractivity contribution in [1.82, 2.24) is 60.5 Å². The van der Waals surface area contributed by atoms with Gasteiger partial charge in [-0.15, -0.1) is 0 Å². The molecule has 6 rings (SSSR count). The van der Waals surface area contributed by atoms with E-state index in [4.69, 9.17) is 70.9 Å². The van der Waals surface area contributed by atoms with Crippen molar-refractivity contribution in [1.29, 1.82) is 0 Å². The molecule has 5 fully saturated rings. The topological polar surface area (TPSA) is 543 Å². The summed E-state index contributed by atoms with van der Waals surface area (Å²) in [5, 5.41) is 58.6. The summed E-state index contributed by atoms with van der Waals surface area (Å²) >= 11 is 0. The number of aryl methyl sites for hydroxylation is 1. The highest BCUT2D eigenvalue weighted by Gasteiger charge is 2.48. The van der Waals surface area contributed by atoms with Crippen molar-refractivity contribution in [3.05, 3.63) is 29.8 Å². The second-order valence-electron chi connectivity index (χ2n) is 42.8. The number of nitrogens with zero attached hydrogens (tertiary/aromatic N) is 8. The number of esters is 10. The summed E-state index contributed by atoms with van der Waals surface area (Å²) < 4.78 is 102. The predicted octanol–water partition coefficient (Wildman–Crippen LogP) is 1.76. The zero-order valence-electron chi connectivity index (χ0n) is 91.0. The van der Waals surface area contributed by atoms with E-state index >= 15 is 0 Å². The highest BCUT2D eigenvalue weighted by molar-refractivity contribution is 7.86. The average molecular weight is 2120 g/mol. The highest BCUT2D eigenvalue weighted by atomic mass is 32.2. The lowest BCUT2D eigenvalue weighted by Crippen LogP contribution is -2.59. The number of halogens is 1. The van der Waals surface area contributed by atoms with Crippen LogP contribution < -0.4 is 21.3 Å². The third-order valence-electron chi connectivity index (χ3n) is 22.7. The second kappa shape index (κ2) is 64.6. The van der Waals surface area contributed by atoms with Gasteiger partial charge in [0.15, 0.2) is 18.5 Å². The van der Waals surface area contributed by atoms with Crippen LogP contribution in [0.15, 0.2) is 29.2 Å². The van der Waals surface area contributed by atoms with Gasteiger partial charge in [0.05, 0.1) is 76.1 Å². The molecule has 15 atom stereocenters. The van der Waals surface area contributed by atoms with Gasteiger partial charge in [-0.2, -0.15) is 8.42 Å². The van der Waals surface area contributed by atoms with Gasteiger partial charge < -0.3 is 108 Å². The van der Waals surface area contributed by atoms with Crippen molar-refractivity contribution in [2.24, 2.45) is 23.7 Å². The van der Waals surface area contributed by atoms with Gasteiger partial charge in [-0.25, -0.2) is 0 Å². The molecule has 0 spiro atoms. The van der Waals surface area contributed by atoms with Crippen molar-refractivity contribution >= 4 is 81.6 Å². The van der Waals surface area contributed by atoms with Gasteiger partial charge in [0, 0.05) is 191 Å². The Bertz CT molecular complexity index is 4150. The fourth-order valence-electron chi connectivity index (χ4n) is 15.5. The first kappa shape index (κ1) is 136. The maximum absolute atomic E-state index is 13.4. The summed E-state index contributed by atoms with van der Waals surface area (Å²) in [5.41, 5.74) is -3.05. The summed E-state index contributed by atoms with van der Waals surface area (Å²) in [6, 6.07) is 6.30. The van der Waals surface area contributed by atoms with E-state index in [9.17, 15) is 86.4 Å². The molecule has 9 N–H and O–H groups in total. The highest BCUT2D eigenvalue weighted by Crippen LogP contribution is 2.36. The summed E-state index contributed by atoms with van der Waals surface area (Å²) in [7, 11) is -2.96. The van der Waals surface area contributed by atoms with Crippen LogP contribution in [0.3, 0.4) is 0 Å². The molecule has 0 bridgehead atoms. The van der Waals surface area contributed by atoms with E-state index in [2.05, 4.69) is 21.3 Å². The van der Waals surface area contributed by atoms with Crippen LogP contribution in [-0.2, 0) is 133 Å². The lowest BCUT2D eigenvalue weighted by Gasteiger charge is -2.43. The van der Waals surface area contributed by atoms with Crippen LogP contribution in [0.1, 0.15) is 193 Å². The van der Waals surface area contributed by atoms with Crippen LogP contribution in [-0.4, -0.2) is 456 Å². The lowest BCUT2D eigenvalue weighted by atomic mass is 9.83. The van der Waals surface area contributed by atoms with E-state index in [-0.39, 0.29) is 166 Å². The average Bonchev–Trinajstić information content (AvgIpc) is 0.800. The summed E-state index contributed by atoms with van der Waals surface area (Å²) in [6.45, 7) is 55.7. The van der Waals surface area contributed by atoms with Crippen LogP contribution in [0, 0.1) is 30.6 Å². The Morgan fingerprint density at radius 2 is 0.596 bits per heavy atom. The van der Waals surface area contributed by atoms with Crippen LogP contribution >= 0.6 is 0 Å². The molecule has 146 heavy (non-hydrogen) atoms. The molecular formula is C99H179FN12O33S. The maximum Gasteiger partial charge on any atom is 0.320 e. The van der Waals surface area contributed by atoms with E-state index in [0.29, 0.717) is 131 Å². The first-order chi connectivity index (χ1) is 66.6. The summed E-state index contributed by atoms with van der Waals surface area (Å²) in [4.78, 5) is 166. The molecule has 5 aliphatic heterocycles. The summed E-state index contributed by atoms with van der Waals surface area (Å²) in [6.07, 6.45) is -11.9. The van der Waals surface area contributed by atoms with Crippen LogP contribution in [0.4, 0.5) is 4.70 Å². The van der Waals surface area contributed by atoms with Crippen molar-refractivity contribution < 1.29 is 162 Å². The first-order valence-electron chi connectivity index (χ1n) is 49.4. The first-order valence-corrected chi connectivity index (χ1v) is 50.8. The quantitative estimate of drug-likeness (QED) is 0.0205. The Morgan fingerprint density at radius 1 is 0.349 bits per heavy atom. The number of aliphatic hydroxyl groups excluding tert-OH is 5. The number of hydrogen-bond acceptors (Lipinski definition) is 43. The smallest absolute Gasteiger partial charge is 0.320 e. The Labute approximate surface area is 864 Å². The number of rotatable bonds is 34. The molecule has 47 heteroatoms. The zero-order valence-corrected chi connectivity index (χ0v) is 91.8. The number of benzene rings is 1. The number of carbonyl (C=O) groups excluding carboxylic acids is 12. The Hall–Kier alpha value is -8.02. The molecular weight excluding hydrogens is 1940 g/mol. The maximum atomic E-state index is 13.4. The molecule has 5 aliphatic rings. The predicted molar refractivity (Wildman–Crippen MR) is 538 cm³/mol. The number of aliphatic hydroxyl groups is 5. The fraction of sp³-hybridized carbons (Fsp3) is 0.818. The SMILES string of the molecule is C.CC(=O)OC1[C@H](OC(C)=O)OC(CNCCNC(=O)CN2CCN(CC(=O)OC(C)(C)C)CCN(CC(=O)OC(C)(C)C)CCN(CC(=O)OC(C)(C)C)CC2)[C@@H](C)[C@@H]1C.CC(=O)OC1[C@H](OC(C)=O)OC(COS(=O)(=O)c2ccc(C)cc2)[C@@H](C)[C@@H]1C.CC(C)(C)OC(=O)CN1CCN(CC(=O)NCCNCC2O[C@@H](O)C(O)[C@@H](O)[C@@H]2O)CCN(CC(=O)OC(C)(C)C)CCN(CC(=O)OC(C)(C)C)CC1.CO.F. The minimum atomic E-state index is -3.96. The third kappa shape index (κ3) is 57.3. The normalized spacial score (nSPS) is 24.4. The van der Waals surface area contributed by atoms with Gasteiger partial charge in [-0.3, -0.25) is 106 Å². The second-order valence-corrected chi connectivity index (χ2v) is 44.4. The van der Waals surface area contributed by atoms with E-state index in [1.807, 2.05) is 157 Å². The number of ether oxygens (including phenoxy) is 13. The Balaban J connectivity index is 0.00000114. The van der Waals surface area contributed by atoms with Crippen molar-refractivity contribution in [2.45, 2.75) is 301 Å². The number of hydrogen-bond donors (Lipinski definition) is 9. The molecule has 5 saturated heterocycles. The minimum Gasteiger partial charge on any atom is -0.459 e. The lowest BCUT2D eigenvalue weighted by molar-refractivity contribution is -0.280. The summed E-state index contributed by atoms with van der Waals surface area (Å²) in [5.74, 6) is -5.52. The molecule has 0 aliphatic carbocycles. The van der Waals surface area contributed by atoms with Crippen molar-refractivity contribution in [2.75, 3.05) is 210 Å². The third-order valence-corrected chi connectivity index (χ3v) is 24.0. The molecule has 1 aromatic rings. The van der Waals surface area contributed by atoms with Gasteiger partial charge >= 0.3 is 59.7 Å². The van der Waals surface area contributed by atoms with Crippen LogP contribution in [0.2, 0.25) is 0 Å². The van der Waals surface area contributed by atoms with E-state index in [1.165, 1.54) is 39.8 Å². The monoisotopic (exact) mass is 2120 g/mol. The number of nitrogens with one attached hydrogen (secondary N) is 4. The molecule has 45 nitrogen and oxygen atoms in total. The number of carbonyl (C=O) groups is 12. The standard InChI is InChI=1S/C42H76N6O12.C36H68N6O12.C19H26O8S.CH4O.CH4.FH/c1-29-30(2)38(55-31(3)49)39(56-32(4)50)57-33(29)24-43-14-15-44-34(51)25-45-16-18-46(26-35(52)58-40(5,6)7)20-22-48(28-37(54)60-42(11,12)13)23-21-47(19-17-45)27-36(53)59-41(8,9)10;1-34(2,3)52-27(44)22-40-14-12-39(21-26(43)38-11-10-37-20-25-30(47)31(48)32(49)33(50)51-25)13-15-41(23-28(45)53-35(4,5)6)17-19-42(18-16-40)24-29(46)54-36(7,8)9;1-11-6-8-16(9-7-11)28(22,23)24-10-17-12(2)13(3)18(25-14(4)20)19(27-17)26-15(5)21;1-2;;/h29-30,33,38-39,43H,14-28H2,1-13H3,(H,44,51);25,30-33,37,47-50H,10-24H2,1-9H3,(H,38,43);6-9,12-13,17-19H,10H2,1-5H3;2H,1H3;1H4;1H/t29-,30-,33?,38?,39+;25?,30-,31+,32?,33-;12-,13-,17?,18?,19+;;;/m010.../s1. The van der Waals surface area contributed by atoms with Gasteiger partial charge in [-0.05, 0) is 156 Å². The fourth-order valence-corrected chi connectivity index (χ4v) is 16.5. The molecule has 0 saturated carbocycles. The molecule has 0 aromatic heterocycles. The molecule has 6 unspecified atom stereocenters. The van der Waals surface area contributed by atoms with E-state index < -0.39 is 129 Å². The van der Waals surface area contributed by atoms with Gasteiger partial charge in [0.1, 0.15) is 58.0 Å². The minimum absolute atomic E-state index is 0. The van der Waals surface area contributed by atoms with E-state index in [0.717, 1.165) is 12.7 Å². The van der Waals surface area contributed by atoms with Crippen LogP contribution in [0.25, 0.3) is 0 Å². The molecule has 2 amide bonds. The Kier molecular flexibility index (Phi) is 60.2. The number of amides is 2. The van der Waals surface area contributed by atoms with Gasteiger partial charge in [0.2, 0.25) is 24.4 Å². The molecule has 5 heterocycles. The molecule has 0 radical (unpaired) electrons. The van der Waals surface area contributed by atoms with E-state index in [1.54, 1.807) is 53.7 Å². The Morgan fingerprint density at radius 3 is 0.856 bits per heavy atom. The van der Waals surface area contributed by atoms with Gasteiger partial charge in [0.25, 0.3) is 10.1 Å². The molecule has 1 aromatic carbocycles.